The van der Waals surface area contributed by atoms with Crippen LogP contribution >= 0.6 is 11.3 Å². The Bertz CT molecular complexity index is 1220. The number of hydrogen-bond donors (Lipinski definition) is 1. The summed E-state index contributed by atoms with van der Waals surface area (Å²) in [5, 5.41) is 6.75. The molecule has 3 aromatic rings. The first-order chi connectivity index (χ1) is 16.2. The molecule has 9 nitrogen and oxygen atoms in total. The number of carbonyl (C=O) groups is 3. The van der Waals surface area contributed by atoms with E-state index in [0.29, 0.717) is 18.1 Å². The molecule has 34 heavy (non-hydrogen) atoms. The summed E-state index contributed by atoms with van der Waals surface area (Å²) in [7, 11) is 1.21. The van der Waals surface area contributed by atoms with Gasteiger partial charge in [-0.15, -0.1) is 11.3 Å². The SMILES string of the molecule is CCCOC(=O)c1c(NC(=O)c2ccn(COc3ccc(F)cc3F)n2)sc(C(=O)OC)c1C. The van der Waals surface area contributed by atoms with Gasteiger partial charge >= 0.3 is 11.9 Å². The van der Waals surface area contributed by atoms with Crippen LogP contribution in [-0.2, 0) is 16.2 Å². The molecular formula is C22H21F2N3O6S. The molecule has 0 saturated carbocycles. The van der Waals surface area contributed by atoms with Crippen molar-refractivity contribution in [3.8, 4) is 5.75 Å². The molecule has 2 aromatic heterocycles. The Hall–Kier alpha value is -3.80. The third-order valence-electron chi connectivity index (χ3n) is 4.51. The Labute approximate surface area is 197 Å². The minimum Gasteiger partial charge on any atom is -0.468 e. The van der Waals surface area contributed by atoms with Crippen LogP contribution in [0.4, 0.5) is 13.8 Å². The Kier molecular flexibility index (Phi) is 7.95. The highest BCUT2D eigenvalue weighted by Gasteiger charge is 2.27. The molecular weight excluding hydrogens is 472 g/mol. The number of nitrogens with zero attached hydrogens (tertiary/aromatic N) is 2. The fourth-order valence-corrected chi connectivity index (χ4v) is 3.96. The summed E-state index contributed by atoms with van der Waals surface area (Å²) < 4.78 is 43.1. The summed E-state index contributed by atoms with van der Waals surface area (Å²) in [5.41, 5.74) is 0.358. The van der Waals surface area contributed by atoms with Crippen molar-refractivity contribution in [1.29, 1.82) is 0 Å². The molecule has 0 bridgehead atoms. The maximum atomic E-state index is 13.7. The van der Waals surface area contributed by atoms with Gasteiger partial charge in [-0.3, -0.25) is 4.79 Å². The highest BCUT2D eigenvalue weighted by atomic mass is 32.1. The van der Waals surface area contributed by atoms with Crippen LogP contribution in [0.25, 0.3) is 0 Å². The first-order valence-electron chi connectivity index (χ1n) is 10.1. The van der Waals surface area contributed by atoms with Gasteiger partial charge in [0.05, 0.1) is 19.3 Å². The molecule has 180 valence electrons. The predicted molar refractivity (Wildman–Crippen MR) is 118 cm³/mol. The normalized spacial score (nSPS) is 10.6. The van der Waals surface area contributed by atoms with Gasteiger partial charge in [0.15, 0.2) is 24.0 Å². The van der Waals surface area contributed by atoms with Gasteiger partial charge < -0.3 is 19.5 Å². The van der Waals surface area contributed by atoms with E-state index < -0.39 is 29.5 Å². The van der Waals surface area contributed by atoms with Crippen molar-refractivity contribution in [3.05, 3.63) is 63.8 Å². The van der Waals surface area contributed by atoms with Gasteiger partial charge in [0.25, 0.3) is 5.91 Å². The van der Waals surface area contributed by atoms with E-state index in [2.05, 4.69) is 10.4 Å². The van der Waals surface area contributed by atoms with Crippen LogP contribution < -0.4 is 10.1 Å². The Morgan fingerprint density at radius 1 is 1.18 bits per heavy atom. The average Bonchev–Trinajstić information content (AvgIpc) is 3.41. The number of methoxy groups -OCH3 is 1. The highest BCUT2D eigenvalue weighted by Crippen LogP contribution is 2.34. The molecule has 0 saturated heterocycles. The second-order valence-corrected chi connectivity index (χ2v) is 7.95. The van der Waals surface area contributed by atoms with Gasteiger partial charge in [-0.25, -0.2) is 23.1 Å². The summed E-state index contributed by atoms with van der Waals surface area (Å²) in [6, 6.07) is 4.26. The molecule has 1 aromatic carbocycles. The zero-order chi connectivity index (χ0) is 24.8. The average molecular weight is 493 g/mol. The van der Waals surface area contributed by atoms with E-state index in [1.54, 1.807) is 6.92 Å². The molecule has 0 aliphatic rings. The van der Waals surface area contributed by atoms with E-state index in [1.165, 1.54) is 24.1 Å². The van der Waals surface area contributed by atoms with Crippen molar-refractivity contribution in [1.82, 2.24) is 9.78 Å². The number of amides is 1. The number of thiophene rings is 1. The van der Waals surface area contributed by atoms with E-state index in [-0.39, 0.29) is 40.2 Å². The van der Waals surface area contributed by atoms with Gasteiger partial charge in [0.1, 0.15) is 15.7 Å². The summed E-state index contributed by atoms with van der Waals surface area (Å²) in [5.74, 6) is -3.78. The van der Waals surface area contributed by atoms with Crippen LogP contribution in [0.1, 0.15) is 49.4 Å². The largest absolute Gasteiger partial charge is 0.468 e. The van der Waals surface area contributed by atoms with Crippen LogP contribution in [0, 0.1) is 18.6 Å². The maximum absolute atomic E-state index is 13.7. The van der Waals surface area contributed by atoms with Crippen molar-refractivity contribution < 1.29 is 37.4 Å². The van der Waals surface area contributed by atoms with E-state index in [9.17, 15) is 23.2 Å². The van der Waals surface area contributed by atoms with Crippen LogP contribution in [0.3, 0.4) is 0 Å². The lowest BCUT2D eigenvalue weighted by Gasteiger charge is -2.08. The minimum atomic E-state index is -0.873. The Morgan fingerprint density at radius 3 is 2.62 bits per heavy atom. The first kappa shape index (κ1) is 24.8. The monoisotopic (exact) mass is 493 g/mol. The number of hydrogen-bond acceptors (Lipinski definition) is 8. The lowest BCUT2D eigenvalue weighted by Crippen LogP contribution is -2.16. The first-order valence-corrected chi connectivity index (χ1v) is 10.9. The van der Waals surface area contributed by atoms with E-state index in [4.69, 9.17) is 14.2 Å². The van der Waals surface area contributed by atoms with Crippen molar-refractivity contribution in [2.75, 3.05) is 19.0 Å². The van der Waals surface area contributed by atoms with Crippen LogP contribution in [-0.4, -0.2) is 41.3 Å². The minimum absolute atomic E-state index is 0.0262. The molecule has 0 aliphatic heterocycles. The Balaban J connectivity index is 1.76. The van der Waals surface area contributed by atoms with Gasteiger partial charge in [-0.2, -0.15) is 5.10 Å². The molecule has 1 amide bonds. The lowest BCUT2D eigenvalue weighted by molar-refractivity contribution is 0.0506. The standard InChI is InChI=1S/C22H21F2N3O6S/c1-4-9-32-21(29)17-12(2)18(22(30)31-3)34-20(17)25-19(28)15-7-8-27(26-15)11-33-16-6-5-13(23)10-14(16)24/h5-8,10H,4,9,11H2,1-3H3,(H,25,28). The quantitative estimate of drug-likeness (QED) is 0.446. The predicted octanol–water partition coefficient (Wildman–Crippen LogP) is 4.17. The van der Waals surface area contributed by atoms with Crippen molar-refractivity contribution in [3.63, 3.8) is 0 Å². The zero-order valence-corrected chi connectivity index (χ0v) is 19.3. The molecule has 0 aliphatic carbocycles. The topological polar surface area (TPSA) is 109 Å². The second-order valence-electron chi connectivity index (χ2n) is 6.93. The molecule has 12 heteroatoms. The van der Waals surface area contributed by atoms with Gasteiger partial charge in [0, 0.05) is 12.3 Å². The van der Waals surface area contributed by atoms with Crippen LogP contribution in [0.5, 0.6) is 5.75 Å². The molecule has 0 fully saturated rings. The number of anilines is 1. The van der Waals surface area contributed by atoms with Gasteiger partial charge in [0.2, 0.25) is 0 Å². The van der Waals surface area contributed by atoms with Crippen molar-refractivity contribution in [2.45, 2.75) is 27.0 Å². The summed E-state index contributed by atoms with van der Waals surface area (Å²) in [6.45, 7) is 3.32. The smallest absolute Gasteiger partial charge is 0.348 e. The van der Waals surface area contributed by atoms with Crippen LogP contribution in [0.2, 0.25) is 0 Å². The number of halogens is 2. The number of nitrogens with one attached hydrogen (secondary N) is 1. The number of rotatable bonds is 9. The lowest BCUT2D eigenvalue weighted by atomic mass is 10.1. The number of aromatic nitrogens is 2. The number of ether oxygens (including phenoxy) is 3. The van der Waals surface area contributed by atoms with Gasteiger partial charge in [-0.1, -0.05) is 6.92 Å². The summed E-state index contributed by atoms with van der Waals surface area (Å²) in [4.78, 5) is 37.5. The third kappa shape index (κ3) is 5.57. The zero-order valence-electron chi connectivity index (χ0n) is 18.5. The number of carbonyl (C=O) groups excluding carboxylic acids is 3. The van der Waals surface area contributed by atoms with Crippen LogP contribution in [0.15, 0.2) is 30.5 Å². The number of esters is 2. The molecule has 0 spiro atoms. The van der Waals surface area contributed by atoms with Crippen molar-refractivity contribution >= 4 is 34.2 Å². The van der Waals surface area contributed by atoms with E-state index >= 15 is 0 Å². The fourth-order valence-electron chi connectivity index (χ4n) is 2.85. The van der Waals surface area contributed by atoms with Crippen molar-refractivity contribution in [2.24, 2.45) is 0 Å². The summed E-state index contributed by atoms with van der Waals surface area (Å²) >= 11 is 0.882. The van der Waals surface area contributed by atoms with E-state index in [1.807, 2.05) is 6.92 Å². The van der Waals surface area contributed by atoms with Gasteiger partial charge in [-0.05, 0) is 37.1 Å². The molecule has 0 unspecified atom stereocenters. The molecule has 1 N–H and O–H groups in total. The maximum Gasteiger partial charge on any atom is 0.348 e. The number of benzene rings is 1. The molecule has 3 rings (SSSR count). The third-order valence-corrected chi connectivity index (χ3v) is 5.69. The molecule has 0 atom stereocenters. The molecule has 0 radical (unpaired) electrons. The highest BCUT2D eigenvalue weighted by molar-refractivity contribution is 7.18. The Morgan fingerprint density at radius 2 is 1.94 bits per heavy atom. The summed E-state index contributed by atoms with van der Waals surface area (Å²) in [6.07, 6.45) is 2.02. The molecule has 2 heterocycles. The second kappa shape index (κ2) is 10.9. The van der Waals surface area contributed by atoms with E-state index in [0.717, 1.165) is 23.5 Å². The fraction of sp³-hybridized carbons (Fsp3) is 0.273.